The van der Waals surface area contributed by atoms with Crippen molar-refractivity contribution in [2.45, 2.75) is 6.10 Å². The van der Waals surface area contributed by atoms with Gasteiger partial charge >= 0.3 is 0 Å². The molecule has 0 saturated carbocycles. The zero-order valence-corrected chi connectivity index (χ0v) is 11.5. The predicted octanol–water partition coefficient (Wildman–Crippen LogP) is 2.85. The summed E-state index contributed by atoms with van der Waals surface area (Å²) in [6.45, 7) is 0. The van der Waals surface area contributed by atoms with Gasteiger partial charge in [0.15, 0.2) is 0 Å². The average Bonchev–Trinajstić information content (AvgIpc) is 2.53. The Morgan fingerprint density at radius 3 is 2.65 bits per heavy atom. The Hall–Kier alpha value is -2.33. The van der Waals surface area contributed by atoms with E-state index < -0.39 is 6.10 Å². The zero-order valence-electron chi connectivity index (χ0n) is 11.5. The number of aliphatic hydroxyl groups is 1. The molecule has 4 heteroatoms. The molecule has 0 saturated heterocycles. The molecule has 20 heavy (non-hydrogen) atoms. The maximum atomic E-state index is 10.1. The first-order valence-electron chi connectivity index (χ1n) is 6.24. The lowest BCUT2D eigenvalue weighted by molar-refractivity contribution is 0.224. The summed E-state index contributed by atoms with van der Waals surface area (Å²) >= 11 is 0. The minimum Gasteiger partial charge on any atom is -0.497 e. The molecule has 2 rings (SSSR count). The summed E-state index contributed by atoms with van der Waals surface area (Å²) < 4.78 is 10.5. The van der Waals surface area contributed by atoms with E-state index in [9.17, 15) is 5.11 Å². The van der Waals surface area contributed by atoms with E-state index in [1.165, 1.54) is 0 Å². The topological polar surface area (TPSA) is 51.6 Å². The van der Waals surface area contributed by atoms with Gasteiger partial charge in [-0.3, -0.25) is 4.98 Å². The fourth-order valence-corrected chi connectivity index (χ4v) is 1.81. The summed E-state index contributed by atoms with van der Waals surface area (Å²) in [6, 6.07) is 10.9. The van der Waals surface area contributed by atoms with Gasteiger partial charge in [-0.25, -0.2) is 0 Å². The summed E-state index contributed by atoms with van der Waals surface area (Å²) in [7, 11) is 3.21. The summed E-state index contributed by atoms with van der Waals surface area (Å²) in [6.07, 6.45) is 4.35. The lowest BCUT2D eigenvalue weighted by Gasteiger charge is -2.08. The molecule has 0 aliphatic carbocycles. The third kappa shape index (κ3) is 3.36. The molecule has 0 aliphatic heterocycles. The van der Waals surface area contributed by atoms with Crippen LogP contribution in [-0.4, -0.2) is 24.3 Å². The zero-order chi connectivity index (χ0) is 14.4. The fraction of sp³-hybridized carbons (Fsp3) is 0.188. The number of aliphatic hydroxyl groups excluding tert-OH is 1. The first kappa shape index (κ1) is 14.1. The van der Waals surface area contributed by atoms with E-state index in [4.69, 9.17) is 9.47 Å². The van der Waals surface area contributed by atoms with Gasteiger partial charge in [0.2, 0.25) is 0 Å². The van der Waals surface area contributed by atoms with E-state index in [1.54, 1.807) is 38.6 Å². The molecule has 0 unspecified atom stereocenters. The van der Waals surface area contributed by atoms with Crippen LogP contribution in [0.2, 0.25) is 0 Å². The van der Waals surface area contributed by atoms with Gasteiger partial charge in [-0.05, 0) is 36.4 Å². The van der Waals surface area contributed by atoms with Crippen LogP contribution in [0.4, 0.5) is 0 Å². The van der Waals surface area contributed by atoms with E-state index in [-0.39, 0.29) is 0 Å². The molecule has 2 aromatic rings. The molecule has 0 radical (unpaired) electrons. The molecule has 4 nitrogen and oxygen atoms in total. The van der Waals surface area contributed by atoms with E-state index in [1.807, 2.05) is 30.3 Å². The molecule has 1 aromatic carbocycles. The van der Waals surface area contributed by atoms with Crippen molar-refractivity contribution in [2.75, 3.05) is 14.2 Å². The molecule has 104 valence electrons. The van der Waals surface area contributed by atoms with Gasteiger partial charge in [0, 0.05) is 11.8 Å². The van der Waals surface area contributed by atoms with Crippen molar-refractivity contribution in [1.82, 2.24) is 4.98 Å². The smallest absolute Gasteiger partial charge is 0.126 e. The molecule has 0 spiro atoms. The second-order valence-electron chi connectivity index (χ2n) is 4.17. The van der Waals surface area contributed by atoms with Crippen molar-refractivity contribution in [3.05, 3.63) is 59.9 Å². The highest BCUT2D eigenvalue weighted by molar-refractivity contribution is 5.60. The molecule has 1 N–H and O–H groups in total. The van der Waals surface area contributed by atoms with E-state index in [2.05, 4.69) is 4.98 Å². The van der Waals surface area contributed by atoms with Gasteiger partial charge in [-0.2, -0.15) is 0 Å². The third-order valence-corrected chi connectivity index (χ3v) is 2.89. The molecule has 0 aliphatic rings. The SMILES string of the molecule is COc1ccc(OC)c(/C=C/[C@@H](O)c2ccccn2)c1. The standard InChI is InChI=1S/C16H17NO3/c1-19-13-7-9-16(20-2)12(11-13)6-8-15(18)14-5-3-4-10-17-14/h3-11,15,18H,1-2H3/b8-6+/t15-/m1/s1. The molecule has 1 heterocycles. The molecular formula is C16H17NO3. The maximum absolute atomic E-state index is 10.1. The fourth-order valence-electron chi connectivity index (χ4n) is 1.81. The molecular weight excluding hydrogens is 254 g/mol. The first-order valence-corrected chi connectivity index (χ1v) is 6.24. The van der Waals surface area contributed by atoms with Crippen LogP contribution in [0.3, 0.4) is 0 Å². The highest BCUT2D eigenvalue weighted by Crippen LogP contribution is 2.26. The van der Waals surface area contributed by atoms with E-state index in [0.717, 1.165) is 17.1 Å². The number of aromatic nitrogens is 1. The highest BCUT2D eigenvalue weighted by atomic mass is 16.5. The Balaban J connectivity index is 2.22. The second-order valence-corrected chi connectivity index (χ2v) is 4.17. The van der Waals surface area contributed by atoms with Crippen LogP contribution in [0.25, 0.3) is 6.08 Å². The van der Waals surface area contributed by atoms with Crippen molar-refractivity contribution in [1.29, 1.82) is 0 Å². The van der Waals surface area contributed by atoms with E-state index >= 15 is 0 Å². The van der Waals surface area contributed by atoms with E-state index in [0.29, 0.717) is 5.69 Å². The minimum atomic E-state index is -0.757. The summed E-state index contributed by atoms with van der Waals surface area (Å²) in [4.78, 5) is 4.11. The van der Waals surface area contributed by atoms with Crippen molar-refractivity contribution in [3.63, 3.8) is 0 Å². The number of pyridine rings is 1. The quantitative estimate of drug-likeness (QED) is 0.908. The Kier molecular flexibility index (Phi) is 4.74. The summed E-state index contributed by atoms with van der Waals surface area (Å²) in [5.41, 5.74) is 1.44. The van der Waals surface area contributed by atoms with Crippen molar-refractivity contribution >= 4 is 6.08 Å². The molecule has 0 fully saturated rings. The number of methoxy groups -OCH3 is 2. The van der Waals surface area contributed by atoms with Crippen LogP contribution in [-0.2, 0) is 0 Å². The van der Waals surface area contributed by atoms with Gasteiger partial charge in [-0.1, -0.05) is 12.1 Å². The predicted molar refractivity (Wildman–Crippen MR) is 77.8 cm³/mol. The maximum Gasteiger partial charge on any atom is 0.126 e. The minimum absolute atomic E-state index is 0.602. The Labute approximate surface area is 118 Å². The Morgan fingerprint density at radius 2 is 2.00 bits per heavy atom. The Morgan fingerprint density at radius 1 is 1.15 bits per heavy atom. The summed E-state index contributed by atoms with van der Waals surface area (Å²) in [5.74, 6) is 1.45. The second kappa shape index (κ2) is 6.73. The number of benzene rings is 1. The van der Waals surface area contributed by atoms with Crippen molar-refractivity contribution < 1.29 is 14.6 Å². The number of hydrogen-bond donors (Lipinski definition) is 1. The largest absolute Gasteiger partial charge is 0.497 e. The van der Waals surface area contributed by atoms with Crippen molar-refractivity contribution in [2.24, 2.45) is 0 Å². The molecule has 0 bridgehead atoms. The third-order valence-electron chi connectivity index (χ3n) is 2.89. The van der Waals surface area contributed by atoms with Crippen LogP contribution in [0.5, 0.6) is 11.5 Å². The number of ether oxygens (including phenoxy) is 2. The number of rotatable bonds is 5. The number of hydrogen-bond acceptors (Lipinski definition) is 4. The van der Waals surface area contributed by atoms with Gasteiger partial charge in [-0.15, -0.1) is 0 Å². The monoisotopic (exact) mass is 271 g/mol. The highest BCUT2D eigenvalue weighted by Gasteiger charge is 2.06. The first-order chi connectivity index (χ1) is 9.74. The number of nitrogens with zero attached hydrogens (tertiary/aromatic N) is 1. The normalized spacial score (nSPS) is 12.3. The van der Waals surface area contributed by atoms with Crippen LogP contribution in [0.1, 0.15) is 17.4 Å². The van der Waals surface area contributed by atoms with Crippen LogP contribution >= 0.6 is 0 Å². The van der Waals surface area contributed by atoms with Gasteiger partial charge in [0.05, 0.1) is 19.9 Å². The Bertz CT molecular complexity index is 582. The molecule has 0 amide bonds. The molecule has 1 atom stereocenters. The van der Waals surface area contributed by atoms with Gasteiger partial charge in [0.1, 0.15) is 17.6 Å². The summed E-state index contributed by atoms with van der Waals surface area (Å²) in [5, 5.41) is 10.1. The lowest BCUT2D eigenvalue weighted by Crippen LogP contribution is -1.96. The van der Waals surface area contributed by atoms with Crippen LogP contribution < -0.4 is 9.47 Å². The van der Waals surface area contributed by atoms with Crippen LogP contribution in [0.15, 0.2) is 48.7 Å². The van der Waals surface area contributed by atoms with Crippen LogP contribution in [0, 0.1) is 0 Å². The van der Waals surface area contributed by atoms with Crippen molar-refractivity contribution in [3.8, 4) is 11.5 Å². The van der Waals surface area contributed by atoms with Gasteiger partial charge < -0.3 is 14.6 Å². The van der Waals surface area contributed by atoms with Gasteiger partial charge in [0.25, 0.3) is 0 Å². The lowest BCUT2D eigenvalue weighted by atomic mass is 10.1. The molecule has 1 aromatic heterocycles. The average molecular weight is 271 g/mol.